The van der Waals surface area contributed by atoms with Crippen LogP contribution in [0.4, 0.5) is 0 Å². The van der Waals surface area contributed by atoms with E-state index in [0.717, 1.165) is 29.5 Å². The molecule has 0 heterocycles. The number of hydrogen-bond acceptors (Lipinski definition) is 2. The number of carboxylic acids is 1. The molecule has 4 heteroatoms. The maximum absolute atomic E-state index is 12.3. The summed E-state index contributed by atoms with van der Waals surface area (Å²) in [4.78, 5) is 12.3. The molecule has 0 spiro atoms. The van der Waals surface area contributed by atoms with Crippen molar-refractivity contribution in [1.82, 2.24) is 0 Å². The van der Waals surface area contributed by atoms with E-state index in [1.54, 1.807) is 0 Å². The van der Waals surface area contributed by atoms with Gasteiger partial charge in [0.05, 0.1) is 5.41 Å². The average molecular weight is 409 g/mol. The maximum Gasteiger partial charge on any atom is 0.314 e. The van der Waals surface area contributed by atoms with Gasteiger partial charge in [0.15, 0.2) is 0 Å². The Morgan fingerprint density at radius 2 is 1.41 bits per heavy atom. The van der Waals surface area contributed by atoms with Crippen LogP contribution in [0.1, 0.15) is 30.4 Å². The summed E-state index contributed by atoms with van der Waals surface area (Å²) in [6.07, 6.45) is 2.20. The SMILES string of the molecule is O=C(O)C(CCO)(CCCc1ccccc1)c1ccc(-c2ccc(Cl)cc2)cc1. The van der Waals surface area contributed by atoms with Crippen LogP contribution >= 0.6 is 11.6 Å². The molecule has 0 aliphatic carbocycles. The molecule has 150 valence electrons. The van der Waals surface area contributed by atoms with Gasteiger partial charge in [-0.3, -0.25) is 4.79 Å². The zero-order valence-corrected chi connectivity index (χ0v) is 17.0. The second-order valence-corrected chi connectivity index (χ2v) is 7.72. The molecule has 0 bridgehead atoms. The van der Waals surface area contributed by atoms with Crippen LogP contribution in [-0.2, 0) is 16.6 Å². The quantitative estimate of drug-likeness (QED) is 0.475. The zero-order chi connectivity index (χ0) is 20.7. The predicted molar refractivity (Wildman–Crippen MR) is 117 cm³/mol. The number of aryl methyl sites for hydroxylation is 1. The van der Waals surface area contributed by atoms with Crippen molar-refractivity contribution in [2.45, 2.75) is 31.1 Å². The van der Waals surface area contributed by atoms with Crippen LogP contribution in [0.15, 0.2) is 78.9 Å². The highest BCUT2D eigenvalue weighted by molar-refractivity contribution is 6.30. The van der Waals surface area contributed by atoms with Gasteiger partial charge in [-0.15, -0.1) is 0 Å². The smallest absolute Gasteiger partial charge is 0.314 e. The van der Waals surface area contributed by atoms with Gasteiger partial charge >= 0.3 is 5.97 Å². The molecule has 0 amide bonds. The molecule has 1 atom stereocenters. The van der Waals surface area contributed by atoms with Crippen molar-refractivity contribution in [3.8, 4) is 11.1 Å². The third-order valence-electron chi connectivity index (χ3n) is 5.47. The third kappa shape index (κ3) is 5.06. The van der Waals surface area contributed by atoms with Crippen LogP contribution in [0.5, 0.6) is 0 Å². The highest BCUT2D eigenvalue weighted by atomic mass is 35.5. The molecule has 3 aromatic rings. The van der Waals surface area contributed by atoms with Crippen LogP contribution < -0.4 is 0 Å². The van der Waals surface area contributed by atoms with Crippen LogP contribution in [-0.4, -0.2) is 22.8 Å². The van der Waals surface area contributed by atoms with E-state index >= 15 is 0 Å². The Morgan fingerprint density at radius 3 is 1.97 bits per heavy atom. The molecular formula is C25H25ClO3. The number of halogens is 1. The second kappa shape index (κ2) is 9.73. The van der Waals surface area contributed by atoms with E-state index < -0.39 is 11.4 Å². The standard InChI is InChI=1S/C25H25ClO3/c26-23-14-10-21(11-15-23)20-8-12-22(13-9-20)25(17-18-27,24(28)29)16-4-7-19-5-2-1-3-6-19/h1-3,5-6,8-15,27H,4,7,16-18H2,(H,28,29). The molecule has 29 heavy (non-hydrogen) atoms. The van der Waals surface area contributed by atoms with E-state index in [2.05, 4.69) is 12.1 Å². The lowest BCUT2D eigenvalue weighted by atomic mass is 9.73. The van der Waals surface area contributed by atoms with E-state index in [1.807, 2.05) is 66.7 Å². The lowest BCUT2D eigenvalue weighted by Crippen LogP contribution is -2.37. The summed E-state index contributed by atoms with van der Waals surface area (Å²) in [6.45, 7) is -0.170. The van der Waals surface area contributed by atoms with E-state index in [-0.39, 0.29) is 13.0 Å². The molecule has 0 aromatic heterocycles. The van der Waals surface area contributed by atoms with E-state index in [4.69, 9.17) is 11.6 Å². The molecule has 0 saturated heterocycles. The average Bonchev–Trinajstić information content (AvgIpc) is 2.74. The van der Waals surface area contributed by atoms with Crippen molar-refractivity contribution in [1.29, 1.82) is 0 Å². The maximum atomic E-state index is 12.3. The lowest BCUT2D eigenvalue weighted by molar-refractivity contribution is -0.145. The van der Waals surface area contributed by atoms with Crippen molar-refractivity contribution in [3.05, 3.63) is 95.0 Å². The van der Waals surface area contributed by atoms with E-state index in [0.29, 0.717) is 11.4 Å². The van der Waals surface area contributed by atoms with Crippen LogP contribution in [0, 0.1) is 0 Å². The molecule has 0 radical (unpaired) electrons. The van der Waals surface area contributed by atoms with Gasteiger partial charge in [-0.25, -0.2) is 0 Å². The largest absolute Gasteiger partial charge is 0.481 e. The van der Waals surface area contributed by atoms with Crippen LogP contribution in [0.25, 0.3) is 11.1 Å². The summed E-state index contributed by atoms with van der Waals surface area (Å²) < 4.78 is 0. The van der Waals surface area contributed by atoms with Gasteiger partial charge in [-0.05, 0) is 60.1 Å². The number of rotatable bonds is 9. The van der Waals surface area contributed by atoms with Crippen LogP contribution in [0.2, 0.25) is 5.02 Å². The van der Waals surface area contributed by atoms with Gasteiger partial charge in [0.25, 0.3) is 0 Å². The van der Waals surface area contributed by atoms with Crippen molar-refractivity contribution in [3.63, 3.8) is 0 Å². The topological polar surface area (TPSA) is 57.5 Å². The van der Waals surface area contributed by atoms with Gasteiger partial charge in [0, 0.05) is 11.6 Å². The molecule has 3 aromatic carbocycles. The summed E-state index contributed by atoms with van der Waals surface area (Å²) in [7, 11) is 0. The van der Waals surface area contributed by atoms with Crippen molar-refractivity contribution in [2.75, 3.05) is 6.61 Å². The number of hydrogen-bond donors (Lipinski definition) is 2. The van der Waals surface area contributed by atoms with E-state index in [1.165, 1.54) is 5.56 Å². The van der Waals surface area contributed by atoms with Gasteiger partial charge in [-0.1, -0.05) is 78.3 Å². The van der Waals surface area contributed by atoms with Crippen molar-refractivity contribution < 1.29 is 15.0 Å². The molecule has 0 saturated carbocycles. The predicted octanol–water partition coefficient (Wildman–Crippen LogP) is 5.73. The third-order valence-corrected chi connectivity index (χ3v) is 5.73. The monoisotopic (exact) mass is 408 g/mol. The molecule has 0 aliphatic rings. The fourth-order valence-electron chi connectivity index (χ4n) is 3.80. The highest BCUT2D eigenvalue weighted by Gasteiger charge is 2.39. The van der Waals surface area contributed by atoms with E-state index in [9.17, 15) is 15.0 Å². The minimum Gasteiger partial charge on any atom is -0.481 e. The Kier molecular flexibility index (Phi) is 7.08. The summed E-state index contributed by atoms with van der Waals surface area (Å²) in [5.74, 6) is -0.890. The fraction of sp³-hybridized carbons (Fsp3) is 0.240. The second-order valence-electron chi connectivity index (χ2n) is 7.28. The summed E-state index contributed by atoms with van der Waals surface area (Å²) in [6, 6.07) is 25.2. The number of aliphatic hydroxyl groups is 1. The number of aliphatic carboxylic acids is 1. The Hall–Kier alpha value is -2.62. The van der Waals surface area contributed by atoms with Crippen molar-refractivity contribution >= 4 is 17.6 Å². The number of aliphatic hydroxyl groups excluding tert-OH is 1. The lowest BCUT2D eigenvalue weighted by Gasteiger charge is -2.30. The van der Waals surface area contributed by atoms with Crippen molar-refractivity contribution in [2.24, 2.45) is 0 Å². The van der Waals surface area contributed by atoms with Crippen LogP contribution in [0.3, 0.4) is 0 Å². The summed E-state index contributed by atoms with van der Waals surface area (Å²) in [5.41, 5.74) is 2.84. The number of carboxylic acid groups (broad SMARTS) is 1. The molecular weight excluding hydrogens is 384 g/mol. The molecule has 0 fully saturated rings. The first-order chi connectivity index (χ1) is 14.0. The normalized spacial score (nSPS) is 13.0. The molecule has 1 unspecified atom stereocenters. The van der Waals surface area contributed by atoms with Gasteiger partial charge in [0.2, 0.25) is 0 Å². The van der Waals surface area contributed by atoms with Gasteiger partial charge in [-0.2, -0.15) is 0 Å². The minimum atomic E-state index is -1.10. The molecule has 2 N–H and O–H groups in total. The Morgan fingerprint density at radius 1 is 0.828 bits per heavy atom. The number of benzene rings is 3. The zero-order valence-electron chi connectivity index (χ0n) is 16.2. The summed E-state index contributed by atoms with van der Waals surface area (Å²) in [5, 5.41) is 20.4. The summed E-state index contributed by atoms with van der Waals surface area (Å²) >= 11 is 5.96. The van der Waals surface area contributed by atoms with Gasteiger partial charge < -0.3 is 10.2 Å². The van der Waals surface area contributed by atoms with Gasteiger partial charge in [0.1, 0.15) is 0 Å². The molecule has 3 nitrogen and oxygen atoms in total. The highest BCUT2D eigenvalue weighted by Crippen LogP contribution is 2.35. The Balaban J connectivity index is 1.83. The number of carbonyl (C=O) groups is 1. The first kappa shape index (κ1) is 21.1. The first-order valence-electron chi connectivity index (χ1n) is 9.80. The fourth-order valence-corrected chi connectivity index (χ4v) is 3.93. The first-order valence-corrected chi connectivity index (χ1v) is 10.2. The Labute approximate surface area is 176 Å². The minimum absolute atomic E-state index is 0.170. The molecule has 0 aliphatic heterocycles. The molecule has 3 rings (SSSR count). The Bertz CT molecular complexity index is 921.